The molecule has 92 valence electrons. The van der Waals surface area contributed by atoms with Crippen LogP contribution >= 0.6 is 11.6 Å². The first-order valence-electron chi connectivity index (χ1n) is 5.58. The van der Waals surface area contributed by atoms with E-state index in [1.54, 1.807) is 4.68 Å². The van der Waals surface area contributed by atoms with Crippen molar-refractivity contribution in [2.24, 2.45) is 0 Å². The number of aromatic nitrogens is 5. The van der Waals surface area contributed by atoms with E-state index in [9.17, 15) is 0 Å². The van der Waals surface area contributed by atoms with Gasteiger partial charge in [-0.1, -0.05) is 24.2 Å². The molecule has 0 saturated carbocycles. The molecular formula is C10H14ClN5O. The van der Waals surface area contributed by atoms with E-state index in [4.69, 9.17) is 16.1 Å². The van der Waals surface area contributed by atoms with Gasteiger partial charge in [-0.2, -0.15) is 4.98 Å². The zero-order valence-corrected chi connectivity index (χ0v) is 10.6. The zero-order valence-electron chi connectivity index (χ0n) is 9.80. The first-order chi connectivity index (χ1) is 8.22. The van der Waals surface area contributed by atoms with Crippen LogP contribution in [0.3, 0.4) is 0 Å². The topological polar surface area (TPSA) is 69.6 Å². The number of alkyl halides is 1. The van der Waals surface area contributed by atoms with Crippen LogP contribution < -0.4 is 0 Å². The Morgan fingerprint density at radius 2 is 2.29 bits per heavy atom. The first kappa shape index (κ1) is 12.0. The molecule has 2 aromatic heterocycles. The molecule has 0 N–H and O–H groups in total. The molecule has 0 aliphatic heterocycles. The number of aryl methyl sites for hydroxylation is 1. The summed E-state index contributed by atoms with van der Waals surface area (Å²) in [6.45, 7) is 4.41. The van der Waals surface area contributed by atoms with E-state index in [1.165, 1.54) is 0 Å². The maximum absolute atomic E-state index is 6.07. The second-order valence-electron chi connectivity index (χ2n) is 3.67. The minimum absolute atomic E-state index is 0.0970. The maximum atomic E-state index is 6.07. The van der Waals surface area contributed by atoms with E-state index in [0.29, 0.717) is 18.3 Å². The molecule has 2 aromatic rings. The average molecular weight is 256 g/mol. The Morgan fingerprint density at radius 1 is 1.47 bits per heavy atom. The van der Waals surface area contributed by atoms with Gasteiger partial charge in [-0.3, -0.25) is 0 Å². The van der Waals surface area contributed by atoms with Gasteiger partial charge < -0.3 is 4.52 Å². The van der Waals surface area contributed by atoms with Gasteiger partial charge >= 0.3 is 0 Å². The maximum Gasteiger partial charge on any atom is 0.226 e. The van der Waals surface area contributed by atoms with E-state index in [2.05, 4.69) is 20.5 Å². The number of nitrogens with zero attached hydrogens (tertiary/aromatic N) is 5. The lowest BCUT2D eigenvalue weighted by molar-refractivity contribution is 0.374. The van der Waals surface area contributed by atoms with Gasteiger partial charge in [-0.05, 0) is 6.42 Å². The van der Waals surface area contributed by atoms with Gasteiger partial charge in [0, 0.05) is 6.42 Å². The molecule has 0 aliphatic rings. The van der Waals surface area contributed by atoms with Gasteiger partial charge in [0.1, 0.15) is 12.2 Å². The highest BCUT2D eigenvalue weighted by atomic mass is 35.5. The highest BCUT2D eigenvalue weighted by molar-refractivity contribution is 6.20. The van der Waals surface area contributed by atoms with Crippen molar-refractivity contribution >= 4 is 11.6 Å². The van der Waals surface area contributed by atoms with Crippen molar-refractivity contribution in [2.45, 2.75) is 38.6 Å². The molecule has 6 nitrogen and oxygen atoms in total. The summed E-state index contributed by atoms with van der Waals surface area (Å²) in [5, 5.41) is 11.7. The highest BCUT2D eigenvalue weighted by Gasteiger charge is 2.11. The van der Waals surface area contributed by atoms with Crippen molar-refractivity contribution in [3.8, 4) is 0 Å². The van der Waals surface area contributed by atoms with Crippen LogP contribution in [0.4, 0.5) is 0 Å². The lowest BCUT2D eigenvalue weighted by atomic mass is 10.3. The quantitative estimate of drug-likeness (QED) is 0.764. The Labute approximate surface area is 104 Å². The van der Waals surface area contributed by atoms with Gasteiger partial charge in [0.2, 0.25) is 5.89 Å². The molecule has 0 bridgehead atoms. The predicted molar refractivity (Wildman–Crippen MR) is 61.7 cm³/mol. The summed E-state index contributed by atoms with van der Waals surface area (Å²) in [4.78, 5) is 4.20. The normalized spacial score (nSPS) is 12.9. The van der Waals surface area contributed by atoms with Crippen molar-refractivity contribution in [3.63, 3.8) is 0 Å². The third-order valence-corrected chi connectivity index (χ3v) is 2.88. The smallest absolute Gasteiger partial charge is 0.226 e. The fourth-order valence-electron chi connectivity index (χ4n) is 1.39. The van der Waals surface area contributed by atoms with Gasteiger partial charge in [0.05, 0.1) is 11.6 Å². The fraction of sp³-hybridized carbons (Fsp3) is 0.600. The monoisotopic (exact) mass is 255 g/mol. The summed E-state index contributed by atoms with van der Waals surface area (Å²) in [6.07, 6.45) is 3.36. The number of hydrogen-bond acceptors (Lipinski definition) is 5. The predicted octanol–water partition coefficient (Wildman–Crippen LogP) is 1.96. The third-order valence-electron chi connectivity index (χ3n) is 2.35. The van der Waals surface area contributed by atoms with Crippen LogP contribution in [0, 0.1) is 0 Å². The Morgan fingerprint density at radius 3 is 2.94 bits per heavy atom. The summed E-state index contributed by atoms with van der Waals surface area (Å²) in [7, 11) is 0. The van der Waals surface area contributed by atoms with Gasteiger partial charge in [0.25, 0.3) is 0 Å². The molecular weight excluding hydrogens is 242 g/mol. The third kappa shape index (κ3) is 2.82. The molecule has 7 heteroatoms. The standard InChI is InChI=1S/C10H14ClN5O/c1-3-7(11)8-5-16(15-13-8)6-9-12-10(4-2)17-14-9/h5,7H,3-4,6H2,1-2H3. The Bertz CT molecular complexity index is 481. The zero-order chi connectivity index (χ0) is 12.3. The van der Waals surface area contributed by atoms with E-state index < -0.39 is 0 Å². The lowest BCUT2D eigenvalue weighted by Gasteiger charge is -1.98. The summed E-state index contributed by atoms with van der Waals surface area (Å²) in [6, 6.07) is 0. The lowest BCUT2D eigenvalue weighted by Crippen LogP contribution is -2.02. The van der Waals surface area contributed by atoms with Crippen molar-refractivity contribution in [1.82, 2.24) is 25.1 Å². The summed E-state index contributed by atoms with van der Waals surface area (Å²) < 4.78 is 6.67. The van der Waals surface area contributed by atoms with E-state index in [0.717, 1.165) is 18.5 Å². The van der Waals surface area contributed by atoms with E-state index in [1.807, 2.05) is 20.0 Å². The first-order valence-corrected chi connectivity index (χ1v) is 6.02. The van der Waals surface area contributed by atoms with Crippen molar-refractivity contribution in [2.75, 3.05) is 0 Å². The molecule has 2 rings (SSSR count). The van der Waals surface area contributed by atoms with Gasteiger partial charge in [-0.15, -0.1) is 16.7 Å². The van der Waals surface area contributed by atoms with Crippen LogP contribution in [0.2, 0.25) is 0 Å². The van der Waals surface area contributed by atoms with Crippen LogP contribution in [0.1, 0.15) is 43.1 Å². The molecule has 0 aromatic carbocycles. The molecule has 17 heavy (non-hydrogen) atoms. The van der Waals surface area contributed by atoms with E-state index >= 15 is 0 Å². The minimum atomic E-state index is -0.0970. The second kappa shape index (κ2) is 5.27. The van der Waals surface area contributed by atoms with Gasteiger partial charge in [0.15, 0.2) is 5.82 Å². The molecule has 0 amide bonds. The summed E-state index contributed by atoms with van der Waals surface area (Å²) in [5.74, 6) is 1.23. The van der Waals surface area contributed by atoms with Crippen LogP contribution in [0.25, 0.3) is 0 Å². The second-order valence-corrected chi connectivity index (χ2v) is 4.20. The molecule has 0 fully saturated rings. The Balaban J connectivity index is 2.06. The fourth-order valence-corrected chi connectivity index (χ4v) is 1.49. The minimum Gasteiger partial charge on any atom is -0.339 e. The van der Waals surface area contributed by atoms with Crippen LogP contribution in [-0.4, -0.2) is 25.1 Å². The summed E-state index contributed by atoms with van der Waals surface area (Å²) >= 11 is 6.07. The van der Waals surface area contributed by atoms with Crippen LogP contribution in [0.5, 0.6) is 0 Å². The number of rotatable bonds is 5. The van der Waals surface area contributed by atoms with Crippen molar-refractivity contribution < 1.29 is 4.52 Å². The molecule has 1 atom stereocenters. The van der Waals surface area contributed by atoms with Crippen LogP contribution in [0.15, 0.2) is 10.7 Å². The molecule has 2 heterocycles. The van der Waals surface area contributed by atoms with Crippen LogP contribution in [-0.2, 0) is 13.0 Å². The Kier molecular flexibility index (Phi) is 3.73. The summed E-state index contributed by atoms with van der Waals surface area (Å²) in [5.41, 5.74) is 0.772. The number of hydrogen-bond donors (Lipinski definition) is 0. The molecule has 0 aliphatic carbocycles. The molecule has 1 unspecified atom stereocenters. The Hall–Kier alpha value is -1.43. The molecule has 0 saturated heterocycles. The molecule has 0 spiro atoms. The van der Waals surface area contributed by atoms with Crippen molar-refractivity contribution in [3.05, 3.63) is 23.6 Å². The average Bonchev–Trinajstić information content (AvgIpc) is 2.97. The van der Waals surface area contributed by atoms with Gasteiger partial charge in [-0.25, -0.2) is 4.68 Å². The molecule has 0 radical (unpaired) electrons. The largest absolute Gasteiger partial charge is 0.339 e. The highest BCUT2D eigenvalue weighted by Crippen LogP contribution is 2.20. The SMILES string of the molecule is CCc1nc(Cn2cc(C(Cl)CC)nn2)no1. The number of halogens is 1. The van der Waals surface area contributed by atoms with Crippen molar-refractivity contribution in [1.29, 1.82) is 0 Å². The van der Waals surface area contributed by atoms with E-state index in [-0.39, 0.29) is 5.38 Å².